The minimum absolute atomic E-state index is 0.266. The summed E-state index contributed by atoms with van der Waals surface area (Å²) in [5, 5.41) is 0. The first-order valence-corrected chi connectivity index (χ1v) is 3.56. The fourth-order valence-electron chi connectivity index (χ4n) is 0.682. The van der Waals surface area contributed by atoms with Crippen molar-refractivity contribution >= 4 is 23.2 Å². The van der Waals surface area contributed by atoms with Crippen LogP contribution < -0.4 is 0 Å². The van der Waals surface area contributed by atoms with Crippen molar-refractivity contribution in [2.45, 2.75) is 0 Å². The molecule has 0 saturated heterocycles. The largest absolute Gasteiger partial charge is 0.358 e. The highest BCUT2D eigenvalue weighted by Crippen LogP contribution is 1.97. The molecule has 0 aliphatic carbocycles. The van der Waals surface area contributed by atoms with E-state index in [-0.39, 0.29) is 11.6 Å². The average molecular weight is 172 g/mol. The summed E-state index contributed by atoms with van der Waals surface area (Å²) in [6.45, 7) is 0. The number of H-pyrrole nitrogens is 1. The van der Waals surface area contributed by atoms with Crippen LogP contribution in [-0.2, 0) is 4.79 Å². The number of Topliss-reactive ketones (excluding diaryl/α,β-unsaturated/α-hetero) is 2. The highest BCUT2D eigenvalue weighted by atomic mass is 35.5. The summed E-state index contributed by atoms with van der Waals surface area (Å²) in [5.41, 5.74) is 0.288. The molecule has 0 saturated carbocycles. The van der Waals surface area contributed by atoms with Crippen molar-refractivity contribution in [3.05, 3.63) is 24.0 Å². The Morgan fingerprint density at radius 1 is 1.55 bits per heavy atom. The van der Waals surface area contributed by atoms with E-state index in [1.807, 2.05) is 0 Å². The second-order valence-corrected chi connectivity index (χ2v) is 2.24. The first-order valence-electron chi connectivity index (χ1n) is 3.02. The van der Waals surface area contributed by atoms with Gasteiger partial charge in [-0.1, -0.05) is 0 Å². The Bertz CT molecular complexity index is 266. The molecular formula is C7H6ClNO2. The maximum absolute atomic E-state index is 11.0. The van der Waals surface area contributed by atoms with Crippen molar-refractivity contribution in [2.75, 3.05) is 5.88 Å². The predicted molar refractivity (Wildman–Crippen MR) is 40.9 cm³/mol. The second-order valence-electron chi connectivity index (χ2n) is 1.97. The quantitative estimate of drug-likeness (QED) is 0.419. The zero-order valence-electron chi connectivity index (χ0n) is 5.63. The van der Waals surface area contributed by atoms with Crippen molar-refractivity contribution in [2.24, 2.45) is 0 Å². The molecule has 3 nitrogen and oxygen atoms in total. The fourth-order valence-corrected chi connectivity index (χ4v) is 0.804. The van der Waals surface area contributed by atoms with E-state index in [9.17, 15) is 9.59 Å². The summed E-state index contributed by atoms with van der Waals surface area (Å²) in [5.74, 6) is -1.42. The minimum Gasteiger partial charge on any atom is -0.358 e. The molecule has 0 unspecified atom stereocenters. The number of aromatic amines is 1. The number of hydrogen-bond donors (Lipinski definition) is 1. The lowest BCUT2D eigenvalue weighted by Gasteiger charge is -1.90. The van der Waals surface area contributed by atoms with Gasteiger partial charge < -0.3 is 4.98 Å². The third-order valence-corrected chi connectivity index (χ3v) is 1.46. The Kier molecular flexibility index (Phi) is 2.44. The van der Waals surface area contributed by atoms with Crippen LogP contribution in [0.15, 0.2) is 18.3 Å². The van der Waals surface area contributed by atoms with Gasteiger partial charge >= 0.3 is 0 Å². The third-order valence-electron chi connectivity index (χ3n) is 1.22. The maximum Gasteiger partial charge on any atom is 0.245 e. The third kappa shape index (κ3) is 1.68. The van der Waals surface area contributed by atoms with Crippen LogP contribution in [0.5, 0.6) is 0 Å². The molecule has 1 heterocycles. The number of halogens is 1. The van der Waals surface area contributed by atoms with E-state index < -0.39 is 11.6 Å². The molecule has 0 aliphatic heterocycles. The molecule has 0 aliphatic rings. The number of carbonyl (C=O) groups excluding carboxylic acids is 2. The van der Waals surface area contributed by atoms with Gasteiger partial charge in [-0.3, -0.25) is 9.59 Å². The summed E-state index contributed by atoms with van der Waals surface area (Å²) >= 11 is 5.18. The molecule has 1 N–H and O–H groups in total. The van der Waals surface area contributed by atoms with Gasteiger partial charge in [-0.05, 0) is 12.1 Å². The monoisotopic (exact) mass is 171 g/mol. The van der Waals surface area contributed by atoms with Gasteiger partial charge in [0.15, 0.2) is 0 Å². The van der Waals surface area contributed by atoms with Gasteiger partial charge in [-0.25, -0.2) is 0 Å². The minimum atomic E-state index is -0.589. The number of ketones is 2. The van der Waals surface area contributed by atoms with Crippen molar-refractivity contribution in [3.63, 3.8) is 0 Å². The van der Waals surface area contributed by atoms with E-state index >= 15 is 0 Å². The Hall–Kier alpha value is -1.09. The van der Waals surface area contributed by atoms with Crippen LogP contribution in [0.1, 0.15) is 10.5 Å². The SMILES string of the molecule is O=C(CCl)C(=O)c1ccc[nH]1. The standard InChI is InChI=1S/C7H6ClNO2/c8-4-6(10)7(11)5-2-1-3-9-5/h1-3,9H,4H2. The molecule has 1 aromatic rings. The highest BCUT2D eigenvalue weighted by Gasteiger charge is 2.14. The van der Waals surface area contributed by atoms with E-state index in [0.717, 1.165) is 0 Å². The number of alkyl halides is 1. The van der Waals surface area contributed by atoms with Crippen LogP contribution in [0.25, 0.3) is 0 Å². The van der Waals surface area contributed by atoms with E-state index in [4.69, 9.17) is 11.6 Å². The number of nitrogens with one attached hydrogen (secondary N) is 1. The van der Waals surface area contributed by atoms with Gasteiger partial charge in [0.05, 0.1) is 11.6 Å². The normalized spacial score (nSPS) is 9.55. The summed E-state index contributed by atoms with van der Waals surface area (Å²) in [6, 6.07) is 3.18. The lowest BCUT2D eigenvalue weighted by molar-refractivity contribution is -0.112. The Morgan fingerprint density at radius 2 is 2.27 bits per heavy atom. The first kappa shape index (κ1) is 8.01. The van der Waals surface area contributed by atoms with Gasteiger partial charge in [0.2, 0.25) is 11.6 Å². The number of carbonyl (C=O) groups is 2. The summed E-state index contributed by atoms with van der Waals surface area (Å²) in [6.07, 6.45) is 1.58. The molecule has 0 atom stereocenters. The van der Waals surface area contributed by atoms with Gasteiger partial charge in [-0.15, -0.1) is 11.6 Å². The van der Waals surface area contributed by atoms with Crippen molar-refractivity contribution in [3.8, 4) is 0 Å². The molecular weight excluding hydrogens is 166 g/mol. The zero-order valence-corrected chi connectivity index (χ0v) is 6.39. The molecule has 1 aromatic heterocycles. The summed E-state index contributed by atoms with van der Waals surface area (Å²) in [7, 11) is 0. The molecule has 1 rings (SSSR count). The molecule has 0 spiro atoms. The Balaban J connectivity index is 2.79. The summed E-state index contributed by atoms with van der Waals surface area (Å²) in [4.78, 5) is 24.3. The average Bonchev–Trinajstić information content (AvgIpc) is 2.53. The van der Waals surface area contributed by atoms with Gasteiger partial charge in [0.25, 0.3) is 0 Å². The van der Waals surface area contributed by atoms with Crippen LogP contribution in [0.4, 0.5) is 0 Å². The van der Waals surface area contributed by atoms with Crippen LogP contribution in [0.3, 0.4) is 0 Å². The Labute approximate surface area is 68.4 Å². The lowest BCUT2D eigenvalue weighted by Crippen LogP contribution is -2.15. The number of hydrogen-bond acceptors (Lipinski definition) is 2. The van der Waals surface area contributed by atoms with Crippen molar-refractivity contribution in [1.29, 1.82) is 0 Å². The van der Waals surface area contributed by atoms with Crippen molar-refractivity contribution < 1.29 is 9.59 Å². The molecule has 58 valence electrons. The van der Waals surface area contributed by atoms with E-state index in [0.29, 0.717) is 0 Å². The highest BCUT2D eigenvalue weighted by molar-refractivity contribution is 6.51. The smallest absolute Gasteiger partial charge is 0.245 e. The number of aromatic nitrogens is 1. The molecule has 0 radical (unpaired) electrons. The molecule has 4 heteroatoms. The second kappa shape index (κ2) is 3.34. The van der Waals surface area contributed by atoms with E-state index in [2.05, 4.69) is 4.98 Å². The predicted octanol–water partition coefficient (Wildman–Crippen LogP) is 1.01. The maximum atomic E-state index is 11.0. The zero-order chi connectivity index (χ0) is 8.27. The first-order chi connectivity index (χ1) is 5.25. The molecule has 11 heavy (non-hydrogen) atoms. The fraction of sp³-hybridized carbons (Fsp3) is 0.143. The van der Waals surface area contributed by atoms with Crippen LogP contribution in [0.2, 0.25) is 0 Å². The number of rotatable bonds is 3. The Morgan fingerprint density at radius 3 is 2.73 bits per heavy atom. The lowest BCUT2D eigenvalue weighted by atomic mass is 10.2. The van der Waals surface area contributed by atoms with Gasteiger partial charge in [0.1, 0.15) is 0 Å². The van der Waals surface area contributed by atoms with Crippen molar-refractivity contribution in [1.82, 2.24) is 4.98 Å². The molecule has 0 fully saturated rings. The van der Waals surface area contributed by atoms with Crippen LogP contribution in [-0.4, -0.2) is 22.4 Å². The van der Waals surface area contributed by atoms with Crippen LogP contribution >= 0.6 is 11.6 Å². The molecule has 0 amide bonds. The van der Waals surface area contributed by atoms with Gasteiger partial charge in [-0.2, -0.15) is 0 Å². The van der Waals surface area contributed by atoms with Gasteiger partial charge in [0, 0.05) is 6.20 Å². The topological polar surface area (TPSA) is 49.9 Å². The molecule has 0 bridgehead atoms. The molecule has 0 aromatic carbocycles. The van der Waals surface area contributed by atoms with Crippen LogP contribution in [0, 0.1) is 0 Å². The van der Waals surface area contributed by atoms with E-state index in [1.54, 1.807) is 12.3 Å². The van der Waals surface area contributed by atoms with E-state index in [1.165, 1.54) is 6.07 Å². The summed E-state index contributed by atoms with van der Waals surface area (Å²) < 4.78 is 0.